The molecule has 0 aliphatic rings. The minimum Gasteiger partial charge on any atom is -0.494 e. The summed E-state index contributed by atoms with van der Waals surface area (Å²) in [5.41, 5.74) is 1.45. The quantitative estimate of drug-likeness (QED) is 0.297. The zero-order valence-electron chi connectivity index (χ0n) is 14.4. The maximum Gasteiger partial charge on any atom is 0.264 e. The van der Waals surface area contributed by atoms with E-state index >= 15 is 0 Å². The Kier molecular flexibility index (Phi) is 7.37. The number of hydrogen-bond donors (Lipinski definition) is 1. The molecule has 0 radical (unpaired) electrons. The van der Waals surface area contributed by atoms with Crippen LogP contribution >= 0.6 is 0 Å². The van der Waals surface area contributed by atoms with Crippen LogP contribution in [0.1, 0.15) is 16.8 Å². The molecule has 0 unspecified atom stereocenters. The highest BCUT2D eigenvalue weighted by atomic mass is 32.2. The lowest BCUT2D eigenvalue weighted by atomic mass is 10.1. The van der Waals surface area contributed by atoms with Crippen LogP contribution < -0.4 is 10.1 Å². The van der Waals surface area contributed by atoms with Gasteiger partial charge in [0.1, 0.15) is 5.75 Å². The molecule has 0 saturated heterocycles. The Bertz CT molecular complexity index is 830. The van der Waals surface area contributed by atoms with E-state index in [1.807, 2.05) is 30.3 Å². The van der Waals surface area contributed by atoms with Crippen LogP contribution in [0.25, 0.3) is 0 Å². The number of anilines is 1. The average molecular weight is 375 g/mol. The third kappa shape index (κ3) is 7.50. The number of ketones is 1. The standard InChI is InChI=1S/C19H21NO5S/c1-26(22,23)25-15-5-14-24-18-10-8-17(9-11-18)20-13-12-19(21)16-6-3-2-4-7-16/h2-4,6-13,20H,5,14-15H2,1H3. The second-order valence-electron chi connectivity index (χ2n) is 5.46. The highest BCUT2D eigenvalue weighted by Gasteiger charge is 2.01. The van der Waals surface area contributed by atoms with Crippen LogP contribution in [0.4, 0.5) is 5.69 Å². The first kappa shape index (κ1) is 19.7. The molecule has 0 aliphatic carbocycles. The molecule has 1 N–H and O–H groups in total. The third-order valence-corrected chi connectivity index (χ3v) is 3.85. The van der Waals surface area contributed by atoms with E-state index in [-0.39, 0.29) is 12.4 Å². The fourth-order valence-corrected chi connectivity index (χ4v) is 2.44. The van der Waals surface area contributed by atoms with Crippen molar-refractivity contribution in [2.24, 2.45) is 0 Å². The summed E-state index contributed by atoms with van der Waals surface area (Å²) < 4.78 is 31.8. The first-order chi connectivity index (χ1) is 12.4. The molecule has 0 aliphatic heterocycles. The molecule has 0 atom stereocenters. The van der Waals surface area contributed by atoms with E-state index in [1.54, 1.807) is 30.5 Å². The molecule has 0 bridgehead atoms. The van der Waals surface area contributed by atoms with Crippen molar-refractivity contribution in [1.82, 2.24) is 0 Å². The van der Waals surface area contributed by atoms with E-state index in [4.69, 9.17) is 4.74 Å². The third-order valence-electron chi connectivity index (χ3n) is 3.25. The van der Waals surface area contributed by atoms with Gasteiger partial charge in [-0.1, -0.05) is 30.3 Å². The zero-order valence-corrected chi connectivity index (χ0v) is 15.2. The van der Waals surface area contributed by atoms with E-state index in [2.05, 4.69) is 9.50 Å². The van der Waals surface area contributed by atoms with Gasteiger partial charge in [0.2, 0.25) is 0 Å². The van der Waals surface area contributed by atoms with Gasteiger partial charge in [-0.2, -0.15) is 8.42 Å². The van der Waals surface area contributed by atoms with E-state index < -0.39 is 10.1 Å². The van der Waals surface area contributed by atoms with Crippen LogP contribution in [0.15, 0.2) is 66.9 Å². The predicted octanol–water partition coefficient (Wildman–Crippen LogP) is 3.24. The van der Waals surface area contributed by atoms with Crippen LogP contribution in [0.5, 0.6) is 5.75 Å². The van der Waals surface area contributed by atoms with Gasteiger partial charge in [-0.3, -0.25) is 8.98 Å². The smallest absolute Gasteiger partial charge is 0.264 e. The number of hydrogen-bond acceptors (Lipinski definition) is 6. The molecule has 138 valence electrons. The maximum atomic E-state index is 11.9. The highest BCUT2D eigenvalue weighted by Crippen LogP contribution is 2.16. The first-order valence-electron chi connectivity index (χ1n) is 8.04. The summed E-state index contributed by atoms with van der Waals surface area (Å²) in [6, 6.07) is 16.2. The van der Waals surface area contributed by atoms with E-state index in [1.165, 1.54) is 6.08 Å². The van der Waals surface area contributed by atoms with Crippen molar-refractivity contribution in [3.63, 3.8) is 0 Å². The number of benzene rings is 2. The summed E-state index contributed by atoms with van der Waals surface area (Å²) >= 11 is 0. The fourth-order valence-electron chi connectivity index (χ4n) is 2.02. The summed E-state index contributed by atoms with van der Waals surface area (Å²) in [5, 5.41) is 3.02. The van der Waals surface area contributed by atoms with Crippen molar-refractivity contribution in [3.05, 3.63) is 72.4 Å². The molecular formula is C19H21NO5S. The molecule has 26 heavy (non-hydrogen) atoms. The van der Waals surface area contributed by atoms with Crippen molar-refractivity contribution in [2.45, 2.75) is 6.42 Å². The van der Waals surface area contributed by atoms with Gasteiger partial charge in [-0.05, 0) is 24.3 Å². The second-order valence-corrected chi connectivity index (χ2v) is 7.10. The number of allylic oxidation sites excluding steroid dienone is 1. The molecule has 0 spiro atoms. The Labute approximate surface area is 153 Å². The molecule has 0 fully saturated rings. The SMILES string of the molecule is CS(=O)(=O)OCCCOc1ccc(NC=CC(=O)c2ccccc2)cc1. The monoisotopic (exact) mass is 375 g/mol. The van der Waals surface area contributed by atoms with Crippen LogP contribution in [-0.2, 0) is 14.3 Å². The molecule has 0 heterocycles. The normalized spacial score (nSPS) is 11.4. The Morgan fingerprint density at radius 1 is 1.04 bits per heavy atom. The lowest BCUT2D eigenvalue weighted by molar-refractivity contribution is 0.104. The van der Waals surface area contributed by atoms with Crippen molar-refractivity contribution < 1.29 is 22.1 Å². The van der Waals surface area contributed by atoms with Gasteiger partial charge in [0.15, 0.2) is 5.78 Å². The van der Waals surface area contributed by atoms with Crippen LogP contribution in [0.2, 0.25) is 0 Å². The Morgan fingerprint density at radius 3 is 2.38 bits per heavy atom. The number of carbonyl (C=O) groups excluding carboxylic acids is 1. The molecule has 6 nitrogen and oxygen atoms in total. The van der Waals surface area contributed by atoms with E-state index in [0.717, 1.165) is 11.9 Å². The largest absolute Gasteiger partial charge is 0.494 e. The van der Waals surface area contributed by atoms with Gasteiger partial charge in [-0.25, -0.2) is 0 Å². The summed E-state index contributed by atoms with van der Waals surface area (Å²) in [7, 11) is -3.40. The van der Waals surface area contributed by atoms with Gasteiger partial charge in [-0.15, -0.1) is 0 Å². The highest BCUT2D eigenvalue weighted by molar-refractivity contribution is 7.85. The average Bonchev–Trinajstić information content (AvgIpc) is 2.62. The van der Waals surface area contributed by atoms with Gasteiger partial charge in [0.05, 0.1) is 19.5 Å². The minimum absolute atomic E-state index is 0.0747. The van der Waals surface area contributed by atoms with E-state index in [9.17, 15) is 13.2 Å². The summed E-state index contributed by atoms with van der Waals surface area (Å²) in [5.74, 6) is 0.591. The van der Waals surface area contributed by atoms with E-state index in [0.29, 0.717) is 24.3 Å². The van der Waals surface area contributed by atoms with Crippen molar-refractivity contribution >= 4 is 21.6 Å². The minimum atomic E-state index is -3.40. The number of rotatable bonds is 10. The molecule has 2 rings (SSSR count). The van der Waals surface area contributed by atoms with Gasteiger partial charge < -0.3 is 10.1 Å². The van der Waals surface area contributed by atoms with Gasteiger partial charge >= 0.3 is 0 Å². The lowest BCUT2D eigenvalue weighted by Crippen LogP contribution is -2.07. The molecule has 0 aromatic heterocycles. The van der Waals surface area contributed by atoms with Crippen molar-refractivity contribution in [1.29, 1.82) is 0 Å². The predicted molar refractivity (Wildman–Crippen MR) is 101 cm³/mol. The summed E-state index contributed by atoms with van der Waals surface area (Å²) in [6.07, 6.45) is 4.55. The van der Waals surface area contributed by atoms with Crippen LogP contribution in [0.3, 0.4) is 0 Å². The lowest BCUT2D eigenvalue weighted by Gasteiger charge is -2.07. The molecule has 2 aromatic rings. The number of nitrogens with one attached hydrogen (secondary N) is 1. The zero-order chi connectivity index (χ0) is 18.8. The number of carbonyl (C=O) groups is 1. The Balaban J connectivity index is 1.73. The van der Waals surface area contributed by atoms with Gasteiger partial charge in [0.25, 0.3) is 10.1 Å². The number of ether oxygens (including phenoxy) is 1. The summed E-state index contributed by atoms with van der Waals surface area (Å²) in [4.78, 5) is 11.9. The summed E-state index contributed by atoms with van der Waals surface area (Å²) in [6.45, 7) is 0.451. The van der Waals surface area contributed by atoms with Crippen LogP contribution in [-0.4, -0.2) is 33.7 Å². The topological polar surface area (TPSA) is 81.7 Å². The molecule has 2 aromatic carbocycles. The first-order valence-corrected chi connectivity index (χ1v) is 9.85. The fraction of sp³-hybridized carbons (Fsp3) is 0.211. The van der Waals surface area contributed by atoms with Gasteiger partial charge in [0, 0.05) is 29.9 Å². The second kappa shape index (κ2) is 9.74. The van der Waals surface area contributed by atoms with Crippen molar-refractivity contribution in [2.75, 3.05) is 24.8 Å². The Hall–Kier alpha value is -2.64. The molecule has 0 amide bonds. The van der Waals surface area contributed by atoms with Crippen LogP contribution in [0, 0.1) is 0 Å². The molecule has 0 saturated carbocycles. The molecule has 7 heteroatoms. The van der Waals surface area contributed by atoms with Crippen molar-refractivity contribution in [3.8, 4) is 5.75 Å². The Morgan fingerprint density at radius 2 is 1.73 bits per heavy atom. The molecular weight excluding hydrogens is 354 g/mol. The maximum absolute atomic E-state index is 11.9.